The van der Waals surface area contributed by atoms with Gasteiger partial charge in [-0.2, -0.15) is 0 Å². The molecule has 24 heavy (non-hydrogen) atoms. The Hall–Kier alpha value is -1.46. The number of rotatable bonds is 3. The van der Waals surface area contributed by atoms with Gasteiger partial charge in [-0.3, -0.25) is 10.1 Å². The maximum Gasteiger partial charge on any atom is 0.256 e. The highest BCUT2D eigenvalue weighted by Gasteiger charge is 2.36. The number of hydrogen-bond acceptors (Lipinski definition) is 4. The SMILES string of the molecule is COc1cc(N)c(Cl)cc1C(=O)NC1NC2CCCCC2CC1C. The summed E-state index contributed by atoms with van der Waals surface area (Å²) in [5, 5.41) is 7.11. The summed E-state index contributed by atoms with van der Waals surface area (Å²) < 4.78 is 5.28. The van der Waals surface area contributed by atoms with Crippen molar-refractivity contribution in [3.8, 4) is 5.75 Å². The van der Waals surface area contributed by atoms with Crippen LogP contribution in [0.5, 0.6) is 5.75 Å². The molecule has 6 heteroatoms. The number of halogens is 1. The van der Waals surface area contributed by atoms with E-state index in [9.17, 15) is 4.79 Å². The van der Waals surface area contributed by atoms with Crippen molar-refractivity contribution in [3.05, 3.63) is 22.7 Å². The first-order valence-electron chi connectivity index (χ1n) is 8.69. The van der Waals surface area contributed by atoms with Crippen molar-refractivity contribution < 1.29 is 9.53 Å². The summed E-state index contributed by atoms with van der Waals surface area (Å²) in [5.74, 6) is 1.38. The Morgan fingerprint density at radius 2 is 2.12 bits per heavy atom. The van der Waals surface area contributed by atoms with E-state index in [1.54, 1.807) is 12.1 Å². The summed E-state index contributed by atoms with van der Waals surface area (Å²) >= 11 is 6.07. The lowest BCUT2D eigenvalue weighted by Crippen LogP contribution is -2.59. The standard InChI is InChI=1S/C18H26ClN3O2/c1-10-7-11-5-3-4-6-15(11)21-17(10)22-18(23)12-8-13(19)14(20)9-16(12)24-2/h8-11,15,17,21H,3-7,20H2,1-2H3,(H,22,23). The van der Waals surface area contributed by atoms with Crippen LogP contribution in [-0.2, 0) is 0 Å². The number of benzene rings is 1. The van der Waals surface area contributed by atoms with Crippen molar-refractivity contribution in [2.75, 3.05) is 12.8 Å². The molecule has 1 aliphatic carbocycles. The number of fused-ring (bicyclic) bond motifs is 1. The number of ether oxygens (including phenoxy) is 1. The van der Waals surface area contributed by atoms with Gasteiger partial charge in [-0.25, -0.2) is 0 Å². The zero-order valence-corrected chi connectivity index (χ0v) is 15.0. The molecule has 4 unspecified atom stereocenters. The Balaban J connectivity index is 1.73. The number of carbonyl (C=O) groups excluding carboxylic acids is 1. The number of amides is 1. The fraction of sp³-hybridized carbons (Fsp3) is 0.611. The van der Waals surface area contributed by atoms with E-state index >= 15 is 0 Å². The van der Waals surface area contributed by atoms with Gasteiger partial charge in [0.15, 0.2) is 0 Å². The van der Waals surface area contributed by atoms with Crippen LogP contribution in [-0.4, -0.2) is 25.2 Å². The Kier molecular flexibility index (Phi) is 5.21. The van der Waals surface area contributed by atoms with Crippen LogP contribution in [0.3, 0.4) is 0 Å². The second kappa shape index (κ2) is 7.19. The molecule has 132 valence electrons. The van der Waals surface area contributed by atoms with Crippen LogP contribution < -0.4 is 21.1 Å². The van der Waals surface area contributed by atoms with Gasteiger partial charge < -0.3 is 15.8 Å². The number of nitrogen functional groups attached to an aromatic ring is 1. The predicted molar refractivity (Wildman–Crippen MR) is 96.3 cm³/mol. The normalized spacial score (nSPS) is 29.6. The van der Waals surface area contributed by atoms with Gasteiger partial charge in [-0.05, 0) is 37.2 Å². The van der Waals surface area contributed by atoms with Crippen molar-refractivity contribution in [2.24, 2.45) is 11.8 Å². The van der Waals surface area contributed by atoms with E-state index < -0.39 is 0 Å². The second-order valence-corrected chi connectivity index (χ2v) is 7.46. The van der Waals surface area contributed by atoms with E-state index in [0.29, 0.717) is 34.0 Å². The van der Waals surface area contributed by atoms with Crippen molar-refractivity contribution in [1.29, 1.82) is 0 Å². The van der Waals surface area contributed by atoms with Crippen LogP contribution in [0.2, 0.25) is 5.02 Å². The number of nitrogens with two attached hydrogens (primary N) is 1. The average Bonchev–Trinajstić information content (AvgIpc) is 2.57. The van der Waals surface area contributed by atoms with Gasteiger partial charge >= 0.3 is 0 Å². The minimum absolute atomic E-state index is 0.0297. The molecule has 1 amide bonds. The van der Waals surface area contributed by atoms with Crippen LogP contribution in [0.1, 0.15) is 49.4 Å². The fourth-order valence-electron chi connectivity index (χ4n) is 4.04. The monoisotopic (exact) mass is 351 g/mol. The third kappa shape index (κ3) is 3.47. The predicted octanol–water partition coefficient (Wildman–Crippen LogP) is 3.17. The van der Waals surface area contributed by atoms with E-state index in [1.165, 1.54) is 32.8 Å². The summed E-state index contributed by atoms with van der Waals surface area (Å²) in [6, 6.07) is 3.67. The Morgan fingerprint density at radius 3 is 2.88 bits per heavy atom. The van der Waals surface area contributed by atoms with E-state index in [0.717, 1.165) is 12.3 Å². The summed E-state index contributed by atoms with van der Waals surface area (Å²) in [4.78, 5) is 12.7. The fourth-order valence-corrected chi connectivity index (χ4v) is 4.20. The number of anilines is 1. The molecule has 2 fully saturated rings. The highest BCUT2D eigenvalue weighted by Crippen LogP contribution is 2.35. The molecule has 4 atom stereocenters. The minimum atomic E-state index is -0.188. The lowest BCUT2D eigenvalue weighted by atomic mass is 9.75. The second-order valence-electron chi connectivity index (χ2n) is 7.06. The first kappa shape index (κ1) is 17.4. The van der Waals surface area contributed by atoms with Crippen LogP contribution in [0.25, 0.3) is 0 Å². The summed E-state index contributed by atoms with van der Waals surface area (Å²) in [5.41, 5.74) is 6.60. The number of piperidine rings is 1. The van der Waals surface area contributed by atoms with Crippen molar-refractivity contribution >= 4 is 23.2 Å². The van der Waals surface area contributed by atoms with Crippen LogP contribution >= 0.6 is 11.6 Å². The first-order chi connectivity index (χ1) is 11.5. The highest BCUT2D eigenvalue weighted by molar-refractivity contribution is 6.33. The van der Waals surface area contributed by atoms with Crippen LogP contribution in [0.15, 0.2) is 12.1 Å². The van der Waals surface area contributed by atoms with Crippen molar-refractivity contribution in [2.45, 2.75) is 51.2 Å². The summed E-state index contributed by atoms with van der Waals surface area (Å²) in [6.45, 7) is 2.19. The lowest BCUT2D eigenvalue weighted by Gasteiger charge is -2.44. The van der Waals surface area contributed by atoms with Crippen molar-refractivity contribution in [1.82, 2.24) is 10.6 Å². The van der Waals surface area contributed by atoms with E-state index in [-0.39, 0.29) is 12.1 Å². The zero-order chi connectivity index (χ0) is 17.3. The maximum absolute atomic E-state index is 12.7. The van der Waals surface area contributed by atoms with E-state index in [4.69, 9.17) is 22.1 Å². The summed E-state index contributed by atoms with van der Waals surface area (Å²) in [7, 11) is 1.52. The molecule has 0 aromatic heterocycles. The molecular formula is C18H26ClN3O2. The molecule has 1 heterocycles. The molecule has 3 rings (SSSR count). The molecule has 1 saturated carbocycles. The Labute approximate surface area is 148 Å². The van der Waals surface area contributed by atoms with Gasteiger partial charge in [-0.1, -0.05) is 31.4 Å². The number of methoxy groups -OCH3 is 1. The van der Waals surface area contributed by atoms with Gasteiger partial charge in [0.05, 0.1) is 29.5 Å². The quantitative estimate of drug-likeness (QED) is 0.731. The van der Waals surface area contributed by atoms with Crippen molar-refractivity contribution in [3.63, 3.8) is 0 Å². The third-order valence-electron chi connectivity index (χ3n) is 5.40. The Morgan fingerprint density at radius 1 is 1.38 bits per heavy atom. The first-order valence-corrected chi connectivity index (χ1v) is 9.07. The molecule has 0 radical (unpaired) electrons. The molecular weight excluding hydrogens is 326 g/mol. The molecule has 0 spiro atoms. The summed E-state index contributed by atoms with van der Waals surface area (Å²) in [6.07, 6.45) is 6.21. The van der Waals surface area contributed by atoms with Gasteiger partial charge in [0, 0.05) is 12.1 Å². The van der Waals surface area contributed by atoms with Gasteiger partial charge in [0.2, 0.25) is 0 Å². The average molecular weight is 352 g/mol. The van der Waals surface area contributed by atoms with Gasteiger partial charge in [0.1, 0.15) is 5.75 Å². The number of nitrogens with one attached hydrogen (secondary N) is 2. The van der Waals surface area contributed by atoms with Crippen LogP contribution in [0.4, 0.5) is 5.69 Å². The molecule has 2 aliphatic rings. The largest absolute Gasteiger partial charge is 0.496 e. The maximum atomic E-state index is 12.7. The zero-order valence-electron chi connectivity index (χ0n) is 14.3. The van der Waals surface area contributed by atoms with Gasteiger partial charge in [0.25, 0.3) is 5.91 Å². The topological polar surface area (TPSA) is 76.4 Å². The molecule has 1 aliphatic heterocycles. The number of carbonyl (C=O) groups is 1. The Bertz CT molecular complexity index is 623. The minimum Gasteiger partial charge on any atom is -0.496 e. The molecule has 1 aromatic rings. The van der Waals surface area contributed by atoms with E-state index in [1.807, 2.05) is 0 Å². The third-order valence-corrected chi connectivity index (χ3v) is 5.72. The van der Waals surface area contributed by atoms with Crippen LogP contribution in [0, 0.1) is 11.8 Å². The molecule has 4 N–H and O–H groups in total. The highest BCUT2D eigenvalue weighted by atomic mass is 35.5. The molecule has 0 bridgehead atoms. The van der Waals surface area contributed by atoms with Gasteiger partial charge in [-0.15, -0.1) is 0 Å². The molecule has 5 nitrogen and oxygen atoms in total. The smallest absolute Gasteiger partial charge is 0.256 e. The van der Waals surface area contributed by atoms with E-state index in [2.05, 4.69) is 17.6 Å². The lowest BCUT2D eigenvalue weighted by molar-refractivity contribution is 0.0795. The molecule has 1 saturated heterocycles. The molecule has 1 aromatic carbocycles. The number of hydrogen-bond donors (Lipinski definition) is 3.